The van der Waals surface area contributed by atoms with E-state index in [1.54, 1.807) is 54.6 Å². The van der Waals surface area contributed by atoms with E-state index in [0.717, 1.165) is 16.7 Å². The van der Waals surface area contributed by atoms with Crippen molar-refractivity contribution in [3.63, 3.8) is 0 Å². The highest BCUT2D eigenvalue weighted by Gasteiger charge is 2.34. The molecule has 1 heterocycles. The van der Waals surface area contributed by atoms with E-state index >= 15 is 0 Å². The molecule has 0 aromatic heterocycles. The molecule has 1 N–H and O–H groups in total. The number of carbonyl (C=O) groups is 3. The third-order valence-corrected chi connectivity index (χ3v) is 5.04. The Labute approximate surface area is 165 Å². The number of ether oxygens (including phenoxy) is 1. The van der Waals surface area contributed by atoms with E-state index in [1.165, 1.54) is 7.11 Å². The average Bonchev–Trinajstić information content (AvgIpc) is 2.94. The van der Waals surface area contributed by atoms with Crippen LogP contribution in [0.25, 0.3) is 6.08 Å². The molecule has 138 valence electrons. The first-order valence-corrected chi connectivity index (χ1v) is 9.11. The predicted molar refractivity (Wildman–Crippen MR) is 106 cm³/mol. The number of methoxy groups -OCH3 is 1. The van der Waals surface area contributed by atoms with E-state index in [9.17, 15) is 14.4 Å². The van der Waals surface area contributed by atoms with Crippen molar-refractivity contribution in [1.82, 2.24) is 4.90 Å². The second kappa shape index (κ2) is 8.28. The molecule has 1 fully saturated rings. The molecule has 2 amide bonds. The number of anilines is 1. The molecule has 0 aliphatic carbocycles. The van der Waals surface area contributed by atoms with Crippen LogP contribution in [0.1, 0.15) is 15.9 Å². The first-order chi connectivity index (χ1) is 13.0. The second-order valence-electron chi connectivity index (χ2n) is 5.54. The maximum absolute atomic E-state index is 12.5. The molecule has 8 heteroatoms. The zero-order valence-electron chi connectivity index (χ0n) is 14.3. The highest BCUT2D eigenvalue weighted by atomic mass is 35.5. The molecule has 0 bridgehead atoms. The van der Waals surface area contributed by atoms with Gasteiger partial charge in [0.05, 0.1) is 35.0 Å². The number of hydrogen-bond acceptors (Lipinski definition) is 6. The summed E-state index contributed by atoms with van der Waals surface area (Å²) in [6.45, 7) is 0.0209. The van der Waals surface area contributed by atoms with Crippen LogP contribution in [0.2, 0.25) is 5.02 Å². The summed E-state index contributed by atoms with van der Waals surface area (Å²) >= 11 is 6.93. The van der Waals surface area contributed by atoms with Crippen LogP contribution in [0.3, 0.4) is 0 Å². The Bertz CT molecular complexity index is 928. The van der Waals surface area contributed by atoms with Crippen molar-refractivity contribution >= 4 is 52.2 Å². The molecule has 2 aromatic carbocycles. The standard InChI is InChI=1S/C19H15ClN2O4S/c1-26-18(24)13-8-6-12(7-9-13)10-16-17(23)22(19(25)27-16)11-21-15-5-3-2-4-14(15)20/h2-10,21H,11H2,1H3/b16-10-. The summed E-state index contributed by atoms with van der Waals surface area (Å²) in [6.07, 6.45) is 1.61. The zero-order valence-corrected chi connectivity index (χ0v) is 15.8. The topological polar surface area (TPSA) is 75.7 Å². The number of rotatable bonds is 5. The maximum atomic E-state index is 12.5. The molecule has 0 radical (unpaired) electrons. The highest BCUT2D eigenvalue weighted by Crippen LogP contribution is 2.32. The van der Waals surface area contributed by atoms with Crippen LogP contribution in [0, 0.1) is 0 Å². The van der Waals surface area contributed by atoms with E-state index in [2.05, 4.69) is 10.1 Å². The van der Waals surface area contributed by atoms with Crippen molar-refractivity contribution in [2.45, 2.75) is 0 Å². The Morgan fingerprint density at radius 1 is 1.19 bits per heavy atom. The Kier molecular flexibility index (Phi) is 5.83. The van der Waals surface area contributed by atoms with Crippen LogP contribution < -0.4 is 5.32 Å². The van der Waals surface area contributed by atoms with Crippen molar-refractivity contribution in [2.75, 3.05) is 19.1 Å². The number of nitrogens with one attached hydrogen (secondary N) is 1. The number of benzene rings is 2. The van der Waals surface area contributed by atoms with Crippen molar-refractivity contribution < 1.29 is 19.1 Å². The zero-order chi connectivity index (χ0) is 19.4. The summed E-state index contributed by atoms with van der Waals surface area (Å²) in [5, 5.41) is 3.13. The fourth-order valence-corrected chi connectivity index (χ4v) is 3.43. The minimum atomic E-state index is -0.437. The lowest BCUT2D eigenvalue weighted by atomic mass is 10.1. The molecule has 1 aliphatic heterocycles. The lowest BCUT2D eigenvalue weighted by Gasteiger charge is -2.15. The molecule has 1 saturated heterocycles. The maximum Gasteiger partial charge on any atom is 0.337 e. The van der Waals surface area contributed by atoms with Crippen LogP contribution in [-0.2, 0) is 9.53 Å². The van der Waals surface area contributed by atoms with Gasteiger partial charge in [-0.3, -0.25) is 14.5 Å². The van der Waals surface area contributed by atoms with Crippen LogP contribution in [0.15, 0.2) is 53.4 Å². The van der Waals surface area contributed by atoms with Gasteiger partial charge in [-0.2, -0.15) is 0 Å². The Hall–Kier alpha value is -2.77. The molecular formula is C19H15ClN2O4S. The normalized spacial score (nSPS) is 15.3. The molecule has 0 unspecified atom stereocenters. The van der Waals surface area contributed by atoms with E-state index in [4.69, 9.17) is 11.6 Å². The average molecular weight is 403 g/mol. The van der Waals surface area contributed by atoms with Gasteiger partial charge in [0.1, 0.15) is 0 Å². The first kappa shape index (κ1) is 19.0. The first-order valence-electron chi connectivity index (χ1n) is 7.92. The monoisotopic (exact) mass is 402 g/mol. The number of thioether (sulfide) groups is 1. The summed E-state index contributed by atoms with van der Waals surface area (Å²) in [6, 6.07) is 13.6. The van der Waals surface area contributed by atoms with E-state index in [1.807, 2.05) is 0 Å². The fraction of sp³-hybridized carbons (Fsp3) is 0.105. The van der Waals surface area contributed by atoms with Gasteiger partial charge in [-0.05, 0) is 47.7 Å². The lowest BCUT2D eigenvalue weighted by molar-refractivity contribution is -0.122. The summed E-state index contributed by atoms with van der Waals surface area (Å²) < 4.78 is 4.65. The Morgan fingerprint density at radius 2 is 1.89 bits per heavy atom. The van der Waals surface area contributed by atoms with Crippen LogP contribution in [0.4, 0.5) is 10.5 Å². The summed E-state index contributed by atoms with van der Waals surface area (Å²) in [5.41, 5.74) is 1.75. The van der Waals surface area contributed by atoms with E-state index < -0.39 is 5.97 Å². The van der Waals surface area contributed by atoms with Gasteiger partial charge < -0.3 is 10.1 Å². The van der Waals surface area contributed by atoms with E-state index in [0.29, 0.717) is 26.7 Å². The van der Waals surface area contributed by atoms with Crippen molar-refractivity contribution in [3.8, 4) is 0 Å². The number of halogens is 1. The summed E-state index contributed by atoms with van der Waals surface area (Å²) in [7, 11) is 1.31. The highest BCUT2D eigenvalue weighted by molar-refractivity contribution is 8.18. The van der Waals surface area contributed by atoms with Gasteiger partial charge in [-0.1, -0.05) is 35.9 Å². The largest absolute Gasteiger partial charge is 0.465 e. The molecule has 3 rings (SSSR count). The Morgan fingerprint density at radius 3 is 2.56 bits per heavy atom. The quantitative estimate of drug-likeness (QED) is 0.595. The minimum absolute atomic E-state index is 0.0209. The number of amides is 2. The Balaban J connectivity index is 1.70. The van der Waals surface area contributed by atoms with Crippen LogP contribution in [-0.4, -0.2) is 35.8 Å². The number of para-hydroxylation sites is 1. The van der Waals surface area contributed by atoms with Gasteiger partial charge in [0.15, 0.2) is 0 Å². The predicted octanol–water partition coefficient (Wildman–Crippen LogP) is 4.23. The fourth-order valence-electron chi connectivity index (χ4n) is 2.39. The lowest BCUT2D eigenvalue weighted by Crippen LogP contribution is -2.33. The molecule has 1 aliphatic rings. The third kappa shape index (κ3) is 4.32. The smallest absolute Gasteiger partial charge is 0.337 e. The van der Waals surface area contributed by atoms with Gasteiger partial charge in [0, 0.05) is 0 Å². The number of carbonyl (C=O) groups excluding carboxylic acids is 3. The molecule has 27 heavy (non-hydrogen) atoms. The molecule has 6 nitrogen and oxygen atoms in total. The number of imide groups is 1. The van der Waals surface area contributed by atoms with Gasteiger partial charge >= 0.3 is 5.97 Å². The van der Waals surface area contributed by atoms with Gasteiger partial charge in [-0.25, -0.2) is 4.79 Å². The van der Waals surface area contributed by atoms with Crippen LogP contribution >= 0.6 is 23.4 Å². The van der Waals surface area contributed by atoms with Crippen molar-refractivity contribution in [3.05, 3.63) is 69.6 Å². The molecule has 0 spiro atoms. The van der Waals surface area contributed by atoms with Crippen molar-refractivity contribution in [1.29, 1.82) is 0 Å². The number of hydrogen-bond donors (Lipinski definition) is 1. The second-order valence-corrected chi connectivity index (χ2v) is 6.94. The third-order valence-electron chi connectivity index (χ3n) is 3.80. The SMILES string of the molecule is COC(=O)c1ccc(/C=C2\SC(=O)N(CNc3ccccc3Cl)C2=O)cc1. The van der Waals surface area contributed by atoms with Gasteiger partial charge in [0.25, 0.3) is 11.1 Å². The molecule has 0 saturated carbocycles. The van der Waals surface area contributed by atoms with E-state index in [-0.39, 0.29) is 17.8 Å². The summed E-state index contributed by atoms with van der Waals surface area (Å²) in [4.78, 5) is 37.6. The van der Waals surface area contributed by atoms with Crippen LogP contribution in [0.5, 0.6) is 0 Å². The minimum Gasteiger partial charge on any atom is -0.465 e. The van der Waals surface area contributed by atoms with Gasteiger partial charge in [-0.15, -0.1) is 0 Å². The molecule has 2 aromatic rings. The number of nitrogens with zero attached hydrogens (tertiary/aromatic N) is 1. The van der Waals surface area contributed by atoms with Crippen molar-refractivity contribution in [2.24, 2.45) is 0 Å². The van der Waals surface area contributed by atoms with Gasteiger partial charge in [0.2, 0.25) is 0 Å². The molecule has 0 atom stereocenters. The summed E-state index contributed by atoms with van der Waals surface area (Å²) in [5.74, 6) is -0.825. The molecular weight excluding hydrogens is 388 g/mol. The number of esters is 1.